The minimum Gasteiger partial charge on any atom is -0.508 e. The van der Waals surface area contributed by atoms with Gasteiger partial charge in [-0.05, 0) is 36.2 Å². The fourth-order valence-corrected chi connectivity index (χ4v) is 3.02. The summed E-state index contributed by atoms with van der Waals surface area (Å²) in [5.41, 5.74) is 3.53. The molecule has 1 aromatic heterocycles. The first kappa shape index (κ1) is 14.1. The van der Waals surface area contributed by atoms with E-state index >= 15 is 0 Å². The Kier molecular flexibility index (Phi) is 3.94. The first-order chi connectivity index (χ1) is 10.2. The van der Waals surface area contributed by atoms with Gasteiger partial charge in [0.2, 0.25) is 0 Å². The van der Waals surface area contributed by atoms with Crippen molar-refractivity contribution in [1.82, 2.24) is 8.75 Å². The van der Waals surface area contributed by atoms with Gasteiger partial charge in [0, 0.05) is 0 Å². The molecule has 6 heteroatoms. The molecule has 0 aliphatic carbocycles. The second-order valence-corrected chi connectivity index (χ2v) is 5.69. The lowest BCUT2D eigenvalue weighted by molar-refractivity contribution is 0.475. The summed E-state index contributed by atoms with van der Waals surface area (Å²) in [6.07, 6.45) is 0.884. The van der Waals surface area contributed by atoms with Crippen LogP contribution in [0, 0.1) is 0 Å². The number of hydrogen-bond donors (Lipinski definition) is 2. The Hall–Kier alpha value is -1.85. The highest BCUT2D eigenvalue weighted by molar-refractivity contribution is 7.00. The number of halogens is 1. The number of phenolic OH excluding ortho intramolecular Hbond substituents is 1. The van der Waals surface area contributed by atoms with Gasteiger partial charge in [-0.2, -0.15) is 8.75 Å². The number of hydrogen-bond acceptors (Lipinski definition) is 5. The van der Waals surface area contributed by atoms with Crippen molar-refractivity contribution in [1.29, 1.82) is 0 Å². The molecule has 2 aromatic carbocycles. The molecule has 0 radical (unpaired) electrons. The third-order valence-corrected chi connectivity index (χ3v) is 4.26. The maximum atomic E-state index is 9.40. The zero-order chi connectivity index (χ0) is 14.8. The van der Waals surface area contributed by atoms with Gasteiger partial charge < -0.3 is 10.4 Å². The largest absolute Gasteiger partial charge is 0.508 e. The Morgan fingerprint density at radius 2 is 1.95 bits per heavy atom. The minimum absolute atomic E-state index is 0.0930. The standard InChI is InChI=1S/C15H14ClN3OS/c1-2-12(9-3-5-10(20)6-4-9)17-14-11(16)7-8-13-15(14)19-21-18-13/h3-8,12,17,20H,2H2,1H3. The number of aromatic hydroxyl groups is 1. The Morgan fingerprint density at radius 3 is 2.67 bits per heavy atom. The van der Waals surface area contributed by atoms with Crippen molar-refractivity contribution in [2.24, 2.45) is 0 Å². The van der Waals surface area contributed by atoms with E-state index in [1.54, 1.807) is 12.1 Å². The summed E-state index contributed by atoms with van der Waals surface area (Å²) in [5.74, 6) is 0.262. The van der Waals surface area contributed by atoms with E-state index in [0.717, 1.165) is 28.7 Å². The summed E-state index contributed by atoms with van der Waals surface area (Å²) in [6.45, 7) is 2.10. The minimum atomic E-state index is 0.0930. The van der Waals surface area contributed by atoms with Crippen LogP contribution >= 0.6 is 23.3 Å². The van der Waals surface area contributed by atoms with E-state index in [4.69, 9.17) is 11.6 Å². The maximum absolute atomic E-state index is 9.40. The van der Waals surface area contributed by atoms with E-state index in [0.29, 0.717) is 5.02 Å². The quantitative estimate of drug-likeness (QED) is 0.737. The van der Waals surface area contributed by atoms with Crippen LogP contribution in [-0.4, -0.2) is 13.9 Å². The van der Waals surface area contributed by atoms with Crippen LogP contribution in [0.15, 0.2) is 36.4 Å². The molecule has 1 heterocycles. The Balaban J connectivity index is 1.97. The zero-order valence-corrected chi connectivity index (χ0v) is 12.9. The van der Waals surface area contributed by atoms with E-state index in [9.17, 15) is 5.11 Å². The third-order valence-electron chi connectivity index (χ3n) is 3.40. The summed E-state index contributed by atoms with van der Waals surface area (Å²) in [6, 6.07) is 11.0. The van der Waals surface area contributed by atoms with Crippen molar-refractivity contribution in [2.45, 2.75) is 19.4 Å². The lowest BCUT2D eigenvalue weighted by atomic mass is 10.0. The summed E-state index contributed by atoms with van der Waals surface area (Å²) in [7, 11) is 0. The third kappa shape index (κ3) is 2.80. The second kappa shape index (κ2) is 5.87. The van der Waals surface area contributed by atoms with E-state index in [-0.39, 0.29) is 11.8 Å². The SMILES string of the molecule is CCC(Nc1c(Cl)ccc2nsnc12)c1ccc(O)cc1. The molecule has 1 unspecified atom stereocenters. The summed E-state index contributed by atoms with van der Waals surface area (Å²) in [4.78, 5) is 0. The molecule has 3 rings (SSSR count). The van der Waals surface area contributed by atoms with Crippen LogP contribution in [0.1, 0.15) is 24.9 Å². The lowest BCUT2D eigenvalue weighted by Gasteiger charge is -2.20. The molecule has 0 saturated carbocycles. The maximum Gasteiger partial charge on any atom is 0.129 e. The molecular weight excluding hydrogens is 306 g/mol. The smallest absolute Gasteiger partial charge is 0.129 e. The topological polar surface area (TPSA) is 58.0 Å². The molecule has 2 N–H and O–H groups in total. The first-order valence-electron chi connectivity index (χ1n) is 6.65. The molecule has 0 aliphatic heterocycles. The number of nitrogens with zero attached hydrogens (tertiary/aromatic N) is 2. The fraction of sp³-hybridized carbons (Fsp3) is 0.200. The van der Waals surface area contributed by atoms with Gasteiger partial charge in [-0.3, -0.25) is 0 Å². The van der Waals surface area contributed by atoms with Crippen LogP contribution < -0.4 is 5.32 Å². The normalized spacial score (nSPS) is 12.5. The molecule has 0 aliphatic rings. The van der Waals surface area contributed by atoms with Crippen molar-refractivity contribution in [2.75, 3.05) is 5.32 Å². The molecular formula is C15H14ClN3OS. The van der Waals surface area contributed by atoms with Crippen molar-refractivity contribution >= 4 is 40.0 Å². The predicted octanol–water partition coefficient (Wildman–Crippen LogP) is 4.61. The number of nitrogens with one attached hydrogen (secondary N) is 1. The molecule has 1 atom stereocenters. The van der Waals surface area contributed by atoms with Crippen LogP contribution in [0.2, 0.25) is 5.02 Å². The summed E-state index contributed by atoms with van der Waals surface area (Å²) in [5, 5.41) is 13.5. The molecule has 0 saturated heterocycles. The van der Waals surface area contributed by atoms with Crippen molar-refractivity contribution in [3.8, 4) is 5.75 Å². The summed E-state index contributed by atoms with van der Waals surface area (Å²) >= 11 is 7.48. The molecule has 0 amide bonds. The van der Waals surface area contributed by atoms with Crippen molar-refractivity contribution < 1.29 is 5.11 Å². The molecule has 0 bridgehead atoms. The number of phenols is 1. The van der Waals surface area contributed by atoms with E-state index in [1.807, 2.05) is 24.3 Å². The lowest BCUT2D eigenvalue weighted by Crippen LogP contribution is -2.10. The van der Waals surface area contributed by atoms with Gasteiger partial charge in [-0.25, -0.2) is 0 Å². The number of anilines is 1. The van der Waals surface area contributed by atoms with Gasteiger partial charge in [0.25, 0.3) is 0 Å². The monoisotopic (exact) mass is 319 g/mol. The van der Waals surface area contributed by atoms with Crippen LogP contribution in [0.5, 0.6) is 5.75 Å². The van der Waals surface area contributed by atoms with Gasteiger partial charge in [-0.15, -0.1) is 0 Å². The second-order valence-electron chi connectivity index (χ2n) is 4.75. The van der Waals surface area contributed by atoms with Crippen LogP contribution in [0.4, 0.5) is 5.69 Å². The zero-order valence-electron chi connectivity index (χ0n) is 11.4. The highest BCUT2D eigenvalue weighted by atomic mass is 35.5. The highest BCUT2D eigenvalue weighted by Gasteiger charge is 2.15. The van der Waals surface area contributed by atoms with Crippen LogP contribution in [-0.2, 0) is 0 Å². The number of fused-ring (bicyclic) bond motifs is 1. The highest BCUT2D eigenvalue weighted by Crippen LogP contribution is 2.34. The van der Waals surface area contributed by atoms with Crippen molar-refractivity contribution in [3.05, 3.63) is 47.0 Å². The molecule has 21 heavy (non-hydrogen) atoms. The molecule has 3 aromatic rings. The van der Waals surface area contributed by atoms with Crippen molar-refractivity contribution in [3.63, 3.8) is 0 Å². The van der Waals surface area contributed by atoms with E-state index in [1.165, 1.54) is 11.7 Å². The first-order valence-corrected chi connectivity index (χ1v) is 7.76. The van der Waals surface area contributed by atoms with Gasteiger partial charge in [-0.1, -0.05) is 30.7 Å². The Bertz CT molecular complexity index is 757. The molecule has 4 nitrogen and oxygen atoms in total. The fourth-order valence-electron chi connectivity index (χ4n) is 2.27. The molecule has 0 fully saturated rings. The van der Waals surface area contributed by atoms with E-state index in [2.05, 4.69) is 21.0 Å². The van der Waals surface area contributed by atoms with E-state index < -0.39 is 0 Å². The number of aromatic nitrogens is 2. The average molecular weight is 320 g/mol. The average Bonchev–Trinajstić information content (AvgIpc) is 2.96. The summed E-state index contributed by atoms with van der Waals surface area (Å²) < 4.78 is 8.56. The number of rotatable bonds is 4. The van der Waals surface area contributed by atoms with Gasteiger partial charge in [0.15, 0.2) is 0 Å². The Morgan fingerprint density at radius 1 is 1.19 bits per heavy atom. The van der Waals surface area contributed by atoms with Gasteiger partial charge in [0.05, 0.1) is 28.5 Å². The van der Waals surface area contributed by atoms with Gasteiger partial charge >= 0.3 is 0 Å². The molecule has 108 valence electrons. The number of benzene rings is 2. The molecule has 0 spiro atoms. The van der Waals surface area contributed by atoms with Crippen LogP contribution in [0.25, 0.3) is 11.0 Å². The van der Waals surface area contributed by atoms with Crippen LogP contribution in [0.3, 0.4) is 0 Å². The predicted molar refractivity (Wildman–Crippen MR) is 87.2 cm³/mol. The van der Waals surface area contributed by atoms with Gasteiger partial charge in [0.1, 0.15) is 16.8 Å². The Labute approximate surface area is 131 Å².